The highest BCUT2D eigenvalue weighted by molar-refractivity contribution is 5.78. The molecule has 0 aliphatic heterocycles. The van der Waals surface area contributed by atoms with E-state index < -0.39 is 4.92 Å². The normalized spacial score (nSPS) is 11.6. The van der Waals surface area contributed by atoms with Crippen LogP contribution in [0.2, 0.25) is 0 Å². The molecule has 1 N–H and O–H groups in total. The average Bonchev–Trinajstić information content (AvgIpc) is 2.55. The molecule has 0 unspecified atom stereocenters. The minimum atomic E-state index is -0.484. The van der Waals surface area contributed by atoms with Crippen molar-refractivity contribution in [3.63, 3.8) is 0 Å². The van der Waals surface area contributed by atoms with Crippen molar-refractivity contribution in [3.8, 4) is 5.75 Å². The van der Waals surface area contributed by atoms with Gasteiger partial charge in [0.15, 0.2) is 6.61 Å². The fourth-order valence-corrected chi connectivity index (χ4v) is 2.21. The van der Waals surface area contributed by atoms with Crippen LogP contribution in [-0.2, 0) is 4.79 Å². The molecule has 24 heavy (non-hydrogen) atoms. The molecule has 1 amide bonds. The van der Waals surface area contributed by atoms with Gasteiger partial charge in [-0.25, -0.2) is 0 Å². The Labute approximate surface area is 140 Å². The first-order valence-corrected chi connectivity index (χ1v) is 7.60. The molecule has 0 fully saturated rings. The molecule has 0 spiro atoms. The lowest BCUT2D eigenvalue weighted by Crippen LogP contribution is -2.31. The van der Waals surface area contributed by atoms with Gasteiger partial charge < -0.3 is 10.1 Å². The van der Waals surface area contributed by atoms with Crippen molar-refractivity contribution in [1.29, 1.82) is 0 Å². The third kappa shape index (κ3) is 4.55. The van der Waals surface area contributed by atoms with E-state index >= 15 is 0 Å². The van der Waals surface area contributed by atoms with Crippen LogP contribution in [0, 0.1) is 24.0 Å². The molecule has 2 rings (SSSR count). The smallest absolute Gasteiger partial charge is 0.269 e. The number of benzene rings is 2. The van der Waals surface area contributed by atoms with E-state index in [2.05, 4.69) is 11.4 Å². The standard InChI is InChI=1S/C18H20N2O4/c1-12-4-5-15(10-13(12)2)14(3)19-18(21)11-24-17-8-6-16(7-9-17)20(22)23/h4-10,14H,11H2,1-3H3,(H,19,21)/t14-/m1/s1. The average molecular weight is 328 g/mol. The summed E-state index contributed by atoms with van der Waals surface area (Å²) in [6.45, 7) is 5.84. The third-order valence-electron chi connectivity index (χ3n) is 3.83. The number of hydrogen-bond acceptors (Lipinski definition) is 4. The molecule has 0 radical (unpaired) electrons. The largest absolute Gasteiger partial charge is 0.484 e. The van der Waals surface area contributed by atoms with Crippen molar-refractivity contribution in [2.45, 2.75) is 26.8 Å². The Morgan fingerprint density at radius 1 is 1.17 bits per heavy atom. The lowest BCUT2D eigenvalue weighted by Gasteiger charge is -2.16. The number of carbonyl (C=O) groups excluding carboxylic acids is 1. The van der Waals surface area contributed by atoms with Gasteiger partial charge in [-0.05, 0) is 49.6 Å². The molecule has 0 bridgehead atoms. The molecule has 0 aliphatic carbocycles. The monoisotopic (exact) mass is 328 g/mol. The summed E-state index contributed by atoms with van der Waals surface area (Å²) in [4.78, 5) is 22.1. The van der Waals surface area contributed by atoms with E-state index in [9.17, 15) is 14.9 Å². The van der Waals surface area contributed by atoms with Crippen LogP contribution in [0.5, 0.6) is 5.75 Å². The Morgan fingerprint density at radius 3 is 2.42 bits per heavy atom. The topological polar surface area (TPSA) is 81.5 Å². The zero-order chi connectivity index (χ0) is 17.7. The Bertz CT molecular complexity index is 741. The SMILES string of the molecule is Cc1ccc([C@@H](C)NC(=O)COc2ccc([N+](=O)[O-])cc2)cc1C. The molecule has 126 valence electrons. The van der Waals surface area contributed by atoms with Gasteiger partial charge in [0.05, 0.1) is 11.0 Å². The molecule has 1 atom stereocenters. The molecule has 6 nitrogen and oxygen atoms in total. The number of hydrogen-bond donors (Lipinski definition) is 1. The van der Waals surface area contributed by atoms with Crippen molar-refractivity contribution < 1.29 is 14.5 Å². The van der Waals surface area contributed by atoms with Gasteiger partial charge in [-0.2, -0.15) is 0 Å². The number of nitrogens with zero attached hydrogens (tertiary/aromatic N) is 1. The predicted molar refractivity (Wildman–Crippen MR) is 91.1 cm³/mol. The molecule has 0 saturated carbocycles. The summed E-state index contributed by atoms with van der Waals surface area (Å²) in [6.07, 6.45) is 0. The zero-order valence-electron chi connectivity index (χ0n) is 13.9. The van der Waals surface area contributed by atoms with E-state index in [0.29, 0.717) is 5.75 Å². The van der Waals surface area contributed by atoms with Crippen LogP contribution in [0.4, 0.5) is 5.69 Å². The highest BCUT2D eigenvalue weighted by atomic mass is 16.6. The van der Waals surface area contributed by atoms with Crippen molar-refractivity contribution in [1.82, 2.24) is 5.32 Å². The van der Waals surface area contributed by atoms with Gasteiger partial charge in [0.1, 0.15) is 5.75 Å². The highest BCUT2D eigenvalue weighted by Gasteiger charge is 2.11. The van der Waals surface area contributed by atoms with Crippen LogP contribution >= 0.6 is 0 Å². The van der Waals surface area contributed by atoms with Gasteiger partial charge in [-0.1, -0.05) is 18.2 Å². The van der Waals surface area contributed by atoms with Crippen LogP contribution in [0.15, 0.2) is 42.5 Å². The first kappa shape index (κ1) is 17.5. The zero-order valence-corrected chi connectivity index (χ0v) is 13.9. The molecule has 0 aliphatic rings. The maximum Gasteiger partial charge on any atom is 0.269 e. The Kier molecular flexibility index (Phi) is 5.52. The summed E-state index contributed by atoms with van der Waals surface area (Å²) >= 11 is 0. The second-order valence-electron chi connectivity index (χ2n) is 5.67. The molecular formula is C18H20N2O4. The molecule has 0 heterocycles. The molecule has 2 aromatic carbocycles. The lowest BCUT2D eigenvalue weighted by atomic mass is 10.0. The van der Waals surface area contributed by atoms with Crippen molar-refractivity contribution in [2.24, 2.45) is 0 Å². The van der Waals surface area contributed by atoms with Crippen LogP contribution in [-0.4, -0.2) is 17.4 Å². The number of nitro benzene ring substituents is 1. The van der Waals surface area contributed by atoms with Crippen LogP contribution in [0.1, 0.15) is 29.7 Å². The molecule has 2 aromatic rings. The molecular weight excluding hydrogens is 308 g/mol. The fraction of sp³-hybridized carbons (Fsp3) is 0.278. The second-order valence-corrected chi connectivity index (χ2v) is 5.67. The van der Waals surface area contributed by atoms with E-state index in [1.54, 1.807) is 0 Å². The first-order valence-electron chi connectivity index (χ1n) is 7.60. The summed E-state index contributed by atoms with van der Waals surface area (Å²) in [5.41, 5.74) is 3.39. The van der Waals surface area contributed by atoms with E-state index in [0.717, 1.165) is 5.56 Å². The van der Waals surface area contributed by atoms with Gasteiger partial charge in [0.25, 0.3) is 11.6 Å². The summed E-state index contributed by atoms with van der Waals surface area (Å²) in [6, 6.07) is 11.6. The number of non-ortho nitro benzene ring substituents is 1. The molecule has 0 aromatic heterocycles. The number of aryl methyl sites for hydroxylation is 2. The van der Waals surface area contributed by atoms with Crippen LogP contribution in [0.25, 0.3) is 0 Å². The van der Waals surface area contributed by atoms with Crippen LogP contribution in [0.3, 0.4) is 0 Å². The summed E-state index contributed by atoms with van der Waals surface area (Å²) in [5, 5.41) is 13.5. The van der Waals surface area contributed by atoms with E-state index in [-0.39, 0.29) is 24.2 Å². The van der Waals surface area contributed by atoms with E-state index in [1.165, 1.54) is 35.4 Å². The van der Waals surface area contributed by atoms with E-state index in [1.807, 2.05) is 32.9 Å². The number of amides is 1. The fourth-order valence-electron chi connectivity index (χ4n) is 2.21. The summed E-state index contributed by atoms with van der Waals surface area (Å²) in [7, 11) is 0. The van der Waals surface area contributed by atoms with Gasteiger partial charge in [0, 0.05) is 12.1 Å². The lowest BCUT2D eigenvalue weighted by molar-refractivity contribution is -0.384. The third-order valence-corrected chi connectivity index (χ3v) is 3.83. The van der Waals surface area contributed by atoms with Crippen molar-refractivity contribution >= 4 is 11.6 Å². The number of carbonyl (C=O) groups is 1. The predicted octanol–water partition coefficient (Wildman–Crippen LogP) is 3.47. The van der Waals surface area contributed by atoms with Crippen molar-refractivity contribution in [3.05, 3.63) is 69.3 Å². The minimum absolute atomic E-state index is 0.0184. The Balaban J connectivity index is 1.88. The van der Waals surface area contributed by atoms with Gasteiger partial charge >= 0.3 is 0 Å². The molecule has 0 saturated heterocycles. The number of nitro groups is 1. The number of ether oxygens (including phenoxy) is 1. The summed E-state index contributed by atoms with van der Waals surface area (Å²) < 4.78 is 5.35. The quantitative estimate of drug-likeness (QED) is 0.650. The Hall–Kier alpha value is -2.89. The van der Waals surface area contributed by atoms with Gasteiger partial charge in [-0.3, -0.25) is 14.9 Å². The summed E-state index contributed by atoms with van der Waals surface area (Å²) in [5.74, 6) is 0.161. The van der Waals surface area contributed by atoms with E-state index in [4.69, 9.17) is 4.74 Å². The van der Waals surface area contributed by atoms with Gasteiger partial charge in [0.2, 0.25) is 0 Å². The van der Waals surface area contributed by atoms with Crippen molar-refractivity contribution in [2.75, 3.05) is 6.61 Å². The Morgan fingerprint density at radius 2 is 1.83 bits per heavy atom. The van der Waals surface area contributed by atoms with Gasteiger partial charge in [-0.15, -0.1) is 0 Å². The maximum absolute atomic E-state index is 12.0. The maximum atomic E-state index is 12.0. The number of nitrogens with one attached hydrogen (secondary N) is 1. The number of rotatable bonds is 6. The minimum Gasteiger partial charge on any atom is -0.484 e. The second kappa shape index (κ2) is 7.59. The first-order chi connectivity index (χ1) is 11.4. The highest BCUT2D eigenvalue weighted by Crippen LogP contribution is 2.18. The molecule has 6 heteroatoms. The van der Waals surface area contributed by atoms with Crippen LogP contribution < -0.4 is 10.1 Å².